The lowest BCUT2D eigenvalue weighted by molar-refractivity contribution is 0.318. The molecule has 0 unspecified atom stereocenters. The molecule has 4 rings (SSSR count). The van der Waals surface area contributed by atoms with E-state index in [0.717, 1.165) is 23.7 Å². The predicted molar refractivity (Wildman–Crippen MR) is 116 cm³/mol. The van der Waals surface area contributed by atoms with Crippen LogP contribution in [0.25, 0.3) is 11.0 Å². The Morgan fingerprint density at radius 1 is 1.07 bits per heavy atom. The van der Waals surface area contributed by atoms with Gasteiger partial charge >= 0.3 is 0 Å². The van der Waals surface area contributed by atoms with Gasteiger partial charge in [-0.2, -0.15) is 0 Å². The minimum absolute atomic E-state index is 0.441. The fraction of sp³-hybridized carbons (Fsp3) is 0.435. The zero-order chi connectivity index (χ0) is 18.6. The third-order valence-corrected chi connectivity index (χ3v) is 6.34. The SMILES string of the molecule is CC(C)c1nc2cc(NSc3ccccc3)ccc2n1CC1CCCCC1. The molecule has 0 aliphatic heterocycles. The number of hydrogen-bond acceptors (Lipinski definition) is 3. The van der Waals surface area contributed by atoms with Crippen molar-refractivity contribution < 1.29 is 0 Å². The molecule has 3 nitrogen and oxygen atoms in total. The van der Waals surface area contributed by atoms with Crippen molar-refractivity contribution in [3.05, 3.63) is 54.4 Å². The zero-order valence-corrected chi connectivity index (χ0v) is 17.1. The number of nitrogens with zero attached hydrogens (tertiary/aromatic N) is 2. The first kappa shape index (κ1) is 18.4. The van der Waals surface area contributed by atoms with E-state index >= 15 is 0 Å². The summed E-state index contributed by atoms with van der Waals surface area (Å²) in [7, 11) is 0. The number of imidazole rings is 1. The van der Waals surface area contributed by atoms with E-state index in [2.05, 4.69) is 65.6 Å². The summed E-state index contributed by atoms with van der Waals surface area (Å²) in [4.78, 5) is 6.22. The molecule has 0 bridgehead atoms. The Labute approximate surface area is 166 Å². The van der Waals surface area contributed by atoms with Gasteiger partial charge < -0.3 is 9.29 Å². The third-order valence-electron chi connectivity index (χ3n) is 5.49. The van der Waals surface area contributed by atoms with Gasteiger partial charge in [0.05, 0.1) is 11.0 Å². The van der Waals surface area contributed by atoms with E-state index < -0.39 is 0 Å². The van der Waals surface area contributed by atoms with Crippen molar-refractivity contribution in [2.24, 2.45) is 5.92 Å². The summed E-state index contributed by atoms with van der Waals surface area (Å²) in [5.41, 5.74) is 3.49. The van der Waals surface area contributed by atoms with Crippen LogP contribution in [-0.2, 0) is 6.54 Å². The molecule has 1 aromatic heterocycles. The minimum atomic E-state index is 0.441. The van der Waals surface area contributed by atoms with Crippen LogP contribution >= 0.6 is 11.9 Å². The summed E-state index contributed by atoms with van der Waals surface area (Å²) in [6.45, 7) is 5.63. The average Bonchev–Trinajstić information content (AvgIpc) is 3.06. The van der Waals surface area contributed by atoms with Crippen molar-refractivity contribution in [3.63, 3.8) is 0 Å². The van der Waals surface area contributed by atoms with E-state index in [1.165, 1.54) is 48.3 Å². The number of aromatic nitrogens is 2. The van der Waals surface area contributed by atoms with Crippen molar-refractivity contribution in [1.29, 1.82) is 0 Å². The molecule has 27 heavy (non-hydrogen) atoms. The van der Waals surface area contributed by atoms with Crippen LogP contribution in [0.1, 0.15) is 57.7 Å². The van der Waals surface area contributed by atoms with Gasteiger partial charge in [0.25, 0.3) is 0 Å². The Morgan fingerprint density at radius 2 is 1.85 bits per heavy atom. The average molecular weight is 380 g/mol. The van der Waals surface area contributed by atoms with E-state index in [4.69, 9.17) is 4.98 Å². The molecule has 0 spiro atoms. The van der Waals surface area contributed by atoms with E-state index in [1.54, 1.807) is 11.9 Å². The van der Waals surface area contributed by atoms with Crippen LogP contribution in [0.4, 0.5) is 5.69 Å². The maximum absolute atomic E-state index is 5.01. The van der Waals surface area contributed by atoms with Gasteiger partial charge in [0, 0.05) is 23.0 Å². The summed E-state index contributed by atoms with van der Waals surface area (Å²) in [5, 5.41) is 0. The molecule has 3 aromatic rings. The summed E-state index contributed by atoms with van der Waals surface area (Å²) < 4.78 is 5.95. The van der Waals surface area contributed by atoms with Crippen LogP contribution < -0.4 is 4.72 Å². The van der Waals surface area contributed by atoms with Crippen molar-refractivity contribution in [1.82, 2.24) is 9.55 Å². The van der Waals surface area contributed by atoms with Crippen LogP contribution in [0.3, 0.4) is 0 Å². The fourth-order valence-corrected chi connectivity index (χ4v) is 4.73. The van der Waals surface area contributed by atoms with Crippen LogP contribution in [0.5, 0.6) is 0 Å². The molecule has 2 aromatic carbocycles. The van der Waals surface area contributed by atoms with E-state index in [0.29, 0.717) is 5.92 Å². The Morgan fingerprint density at radius 3 is 2.59 bits per heavy atom. The van der Waals surface area contributed by atoms with Crippen molar-refractivity contribution in [3.8, 4) is 0 Å². The number of fused-ring (bicyclic) bond motifs is 1. The molecule has 1 fully saturated rings. The molecule has 0 atom stereocenters. The second-order valence-electron chi connectivity index (χ2n) is 7.96. The Bertz CT molecular complexity index is 879. The van der Waals surface area contributed by atoms with Gasteiger partial charge in [0.1, 0.15) is 5.82 Å². The summed E-state index contributed by atoms with van der Waals surface area (Å²) in [6.07, 6.45) is 6.92. The monoisotopic (exact) mass is 379 g/mol. The second kappa shape index (κ2) is 8.39. The maximum atomic E-state index is 5.01. The van der Waals surface area contributed by atoms with Crippen LogP contribution in [-0.4, -0.2) is 9.55 Å². The van der Waals surface area contributed by atoms with Crippen LogP contribution in [0.2, 0.25) is 0 Å². The van der Waals surface area contributed by atoms with Gasteiger partial charge in [-0.05, 0) is 61.0 Å². The van der Waals surface area contributed by atoms with Crippen molar-refractivity contribution >= 4 is 28.7 Å². The number of nitrogens with one attached hydrogen (secondary N) is 1. The summed E-state index contributed by atoms with van der Waals surface area (Å²) in [5.74, 6) is 2.47. The van der Waals surface area contributed by atoms with Gasteiger partial charge in [-0.1, -0.05) is 51.3 Å². The Hall–Kier alpha value is -1.94. The quantitative estimate of drug-likeness (QED) is 0.474. The topological polar surface area (TPSA) is 29.9 Å². The van der Waals surface area contributed by atoms with E-state index in [9.17, 15) is 0 Å². The Balaban J connectivity index is 1.57. The highest BCUT2D eigenvalue weighted by molar-refractivity contribution is 8.00. The van der Waals surface area contributed by atoms with Gasteiger partial charge in [-0.25, -0.2) is 4.98 Å². The van der Waals surface area contributed by atoms with Crippen LogP contribution in [0, 0.1) is 5.92 Å². The first-order valence-corrected chi connectivity index (χ1v) is 11.0. The van der Waals surface area contributed by atoms with Gasteiger partial charge in [0.15, 0.2) is 0 Å². The predicted octanol–water partition coefficient (Wildman–Crippen LogP) is 6.86. The highest BCUT2D eigenvalue weighted by atomic mass is 32.2. The molecule has 1 N–H and O–H groups in total. The lowest BCUT2D eigenvalue weighted by atomic mass is 9.89. The molecule has 1 heterocycles. The van der Waals surface area contributed by atoms with E-state index in [1.807, 2.05) is 6.07 Å². The molecule has 142 valence electrons. The molecule has 1 saturated carbocycles. The highest BCUT2D eigenvalue weighted by Gasteiger charge is 2.19. The van der Waals surface area contributed by atoms with Gasteiger partial charge in [-0.15, -0.1) is 0 Å². The third kappa shape index (κ3) is 4.32. The fourth-order valence-electron chi connectivity index (χ4n) is 4.08. The van der Waals surface area contributed by atoms with Crippen molar-refractivity contribution in [2.75, 3.05) is 4.72 Å². The first-order chi connectivity index (χ1) is 13.2. The molecule has 0 saturated heterocycles. The summed E-state index contributed by atoms with van der Waals surface area (Å²) in [6, 6.07) is 17.0. The molecule has 1 aliphatic carbocycles. The summed E-state index contributed by atoms with van der Waals surface area (Å²) >= 11 is 1.64. The maximum Gasteiger partial charge on any atom is 0.112 e. The lowest BCUT2D eigenvalue weighted by Crippen LogP contribution is -2.16. The Kier molecular flexibility index (Phi) is 5.72. The first-order valence-electron chi connectivity index (χ1n) is 10.2. The van der Waals surface area contributed by atoms with E-state index in [-0.39, 0.29) is 0 Å². The normalized spacial score (nSPS) is 15.5. The minimum Gasteiger partial charge on any atom is -0.327 e. The number of rotatable bonds is 6. The molecular formula is C23H29N3S. The van der Waals surface area contributed by atoms with Crippen molar-refractivity contribution in [2.45, 2.75) is 63.3 Å². The zero-order valence-electron chi connectivity index (χ0n) is 16.3. The number of anilines is 1. The van der Waals surface area contributed by atoms with Crippen LogP contribution in [0.15, 0.2) is 53.4 Å². The lowest BCUT2D eigenvalue weighted by Gasteiger charge is -2.23. The van der Waals surface area contributed by atoms with Gasteiger partial charge in [0.2, 0.25) is 0 Å². The number of benzene rings is 2. The second-order valence-corrected chi connectivity index (χ2v) is 8.84. The molecular weight excluding hydrogens is 350 g/mol. The smallest absolute Gasteiger partial charge is 0.112 e. The highest BCUT2D eigenvalue weighted by Crippen LogP contribution is 2.31. The standard InChI is InChI=1S/C23H29N3S/c1-17(2)23-24-21-15-19(25-27-20-11-7-4-8-12-20)13-14-22(21)26(23)16-18-9-5-3-6-10-18/h4,7-8,11-15,17-18,25H,3,5-6,9-10,16H2,1-2H3. The molecule has 0 radical (unpaired) electrons. The number of hydrogen-bond donors (Lipinski definition) is 1. The molecule has 1 aliphatic rings. The largest absolute Gasteiger partial charge is 0.327 e. The molecule has 0 amide bonds. The molecule has 4 heteroatoms. The van der Waals surface area contributed by atoms with Gasteiger partial charge in [-0.3, -0.25) is 0 Å².